The van der Waals surface area contributed by atoms with Crippen LogP contribution in [0.15, 0.2) is 35.0 Å². The lowest BCUT2D eigenvalue weighted by molar-refractivity contribution is 0.0988. The highest BCUT2D eigenvalue weighted by molar-refractivity contribution is 6.44. The molecule has 82 valence electrons. The van der Waals surface area contributed by atoms with Crippen molar-refractivity contribution < 1.29 is 9.32 Å². The van der Waals surface area contributed by atoms with Gasteiger partial charge in [-0.2, -0.15) is 0 Å². The number of carbonyl (C=O) groups excluding carboxylic acids is 1. The fraction of sp³-hybridized carbons (Fsp3) is 0. The number of aromatic nitrogens is 1. The Bertz CT molecular complexity index is 512. The molecule has 0 aliphatic carbocycles. The van der Waals surface area contributed by atoms with Gasteiger partial charge in [0.05, 0.1) is 21.9 Å². The molecule has 1 heterocycles. The lowest BCUT2D eigenvalue weighted by atomic mass is 10.3. The molecule has 2 aromatic rings. The van der Waals surface area contributed by atoms with Gasteiger partial charge in [0.1, 0.15) is 0 Å². The molecule has 1 amide bonds. The van der Waals surface area contributed by atoms with Crippen LogP contribution in [0.25, 0.3) is 0 Å². The van der Waals surface area contributed by atoms with Gasteiger partial charge >= 0.3 is 0 Å². The van der Waals surface area contributed by atoms with Crippen molar-refractivity contribution in [3.63, 3.8) is 0 Å². The molecule has 2 rings (SSSR count). The Labute approximate surface area is 101 Å². The van der Waals surface area contributed by atoms with Gasteiger partial charge in [-0.25, -0.2) is 0 Å². The third-order valence-corrected chi connectivity index (χ3v) is 2.68. The summed E-state index contributed by atoms with van der Waals surface area (Å²) in [4.78, 5) is 11.6. The average Bonchev–Trinajstić information content (AvgIpc) is 2.78. The maximum absolute atomic E-state index is 11.6. The lowest BCUT2D eigenvalue weighted by Crippen LogP contribution is -2.11. The van der Waals surface area contributed by atoms with Crippen LogP contribution in [0.2, 0.25) is 10.0 Å². The zero-order chi connectivity index (χ0) is 11.5. The van der Waals surface area contributed by atoms with Crippen molar-refractivity contribution in [1.29, 1.82) is 0 Å². The topological polar surface area (TPSA) is 55.1 Å². The van der Waals surface area contributed by atoms with E-state index in [9.17, 15) is 4.79 Å². The van der Waals surface area contributed by atoms with E-state index in [1.54, 1.807) is 18.2 Å². The minimum absolute atomic E-state index is 0.107. The van der Waals surface area contributed by atoms with Crippen LogP contribution >= 0.6 is 23.2 Å². The fourth-order valence-electron chi connectivity index (χ4n) is 1.12. The predicted molar refractivity (Wildman–Crippen MR) is 60.9 cm³/mol. The van der Waals surface area contributed by atoms with Crippen molar-refractivity contribution >= 4 is 34.8 Å². The number of benzene rings is 1. The molecular formula is C10H6Cl2N2O2. The number of anilines is 1. The van der Waals surface area contributed by atoms with Crippen LogP contribution in [0.5, 0.6) is 0 Å². The van der Waals surface area contributed by atoms with Crippen molar-refractivity contribution in [3.8, 4) is 0 Å². The summed E-state index contributed by atoms with van der Waals surface area (Å²) in [5.41, 5.74) is 0.426. The summed E-state index contributed by atoms with van der Waals surface area (Å²) in [6.07, 6.45) is 1.38. The summed E-state index contributed by atoms with van der Waals surface area (Å²) in [6.45, 7) is 0. The minimum Gasteiger partial charge on any atom is -0.351 e. The van der Waals surface area contributed by atoms with E-state index >= 15 is 0 Å². The average molecular weight is 257 g/mol. The first-order valence-corrected chi connectivity index (χ1v) is 5.10. The molecule has 0 saturated carbocycles. The standard InChI is InChI=1S/C10H6Cl2N2O2/c11-6-2-1-3-7(9(6)12)14-10(15)8-4-5-13-16-8/h1-5H,(H,14,15). The first-order chi connectivity index (χ1) is 7.68. The van der Waals surface area contributed by atoms with E-state index in [2.05, 4.69) is 10.5 Å². The Morgan fingerprint density at radius 2 is 2.12 bits per heavy atom. The Hall–Kier alpha value is -1.52. The summed E-state index contributed by atoms with van der Waals surface area (Å²) >= 11 is 11.7. The molecule has 16 heavy (non-hydrogen) atoms. The van der Waals surface area contributed by atoms with Crippen molar-refractivity contribution in [2.24, 2.45) is 0 Å². The predicted octanol–water partition coefficient (Wildman–Crippen LogP) is 3.23. The first-order valence-electron chi connectivity index (χ1n) is 4.34. The summed E-state index contributed by atoms with van der Waals surface area (Å²) in [5.74, 6) is -0.322. The van der Waals surface area contributed by atoms with Crippen LogP contribution in [0, 0.1) is 0 Å². The fourth-order valence-corrected chi connectivity index (χ4v) is 1.46. The van der Waals surface area contributed by atoms with Gasteiger partial charge in [0.15, 0.2) is 0 Å². The molecule has 6 heteroatoms. The number of carbonyl (C=O) groups is 1. The Morgan fingerprint density at radius 3 is 2.81 bits per heavy atom. The van der Waals surface area contributed by atoms with Crippen molar-refractivity contribution in [2.45, 2.75) is 0 Å². The van der Waals surface area contributed by atoms with Crippen LogP contribution in [-0.2, 0) is 0 Å². The molecule has 1 N–H and O–H groups in total. The van der Waals surface area contributed by atoms with Gasteiger partial charge in [0.2, 0.25) is 5.76 Å². The molecule has 0 saturated heterocycles. The number of nitrogens with one attached hydrogen (secondary N) is 1. The van der Waals surface area contributed by atoms with Gasteiger partial charge in [0.25, 0.3) is 5.91 Å². The monoisotopic (exact) mass is 256 g/mol. The SMILES string of the molecule is O=C(Nc1cccc(Cl)c1Cl)c1ccno1. The highest BCUT2D eigenvalue weighted by Gasteiger charge is 2.12. The highest BCUT2D eigenvalue weighted by atomic mass is 35.5. The van der Waals surface area contributed by atoms with E-state index in [1.165, 1.54) is 12.3 Å². The zero-order valence-corrected chi connectivity index (χ0v) is 9.42. The number of hydrogen-bond acceptors (Lipinski definition) is 3. The van der Waals surface area contributed by atoms with Crippen molar-refractivity contribution in [3.05, 3.63) is 46.3 Å². The highest BCUT2D eigenvalue weighted by Crippen LogP contribution is 2.29. The number of amides is 1. The number of hydrogen-bond donors (Lipinski definition) is 1. The van der Waals surface area contributed by atoms with Crippen LogP contribution in [-0.4, -0.2) is 11.1 Å². The Balaban J connectivity index is 2.22. The number of nitrogens with zero attached hydrogens (tertiary/aromatic N) is 1. The molecule has 0 spiro atoms. The van der Waals surface area contributed by atoms with E-state index in [-0.39, 0.29) is 10.8 Å². The van der Waals surface area contributed by atoms with Gasteiger partial charge in [0, 0.05) is 6.07 Å². The molecule has 0 aliphatic heterocycles. The maximum Gasteiger partial charge on any atom is 0.294 e. The van der Waals surface area contributed by atoms with Crippen LogP contribution in [0.1, 0.15) is 10.6 Å². The Morgan fingerprint density at radius 1 is 1.31 bits per heavy atom. The smallest absolute Gasteiger partial charge is 0.294 e. The molecular weight excluding hydrogens is 251 g/mol. The third kappa shape index (κ3) is 2.18. The molecule has 0 unspecified atom stereocenters. The molecule has 0 atom stereocenters. The molecule has 0 fully saturated rings. The third-order valence-electron chi connectivity index (χ3n) is 1.86. The van der Waals surface area contributed by atoms with Crippen LogP contribution in [0.3, 0.4) is 0 Å². The second kappa shape index (κ2) is 4.55. The summed E-state index contributed by atoms with van der Waals surface area (Å²) in [5, 5.41) is 6.66. The second-order valence-electron chi connectivity index (χ2n) is 2.93. The maximum atomic E-state index is 11.6. The van der Waals surface area contributed by atoms with E-state index in [4.69, 9.17) is 27.7 Å². The van der Waals surface area contributed by atoms with Gasteiger partial charge in [-0.15, -0.1) is 0 Å². The second-order valence-corrected chi connectivity index (χ2v) is 3.72. The zero-order valence-electron chi connectivity index (χ0n) is 7.91. The Kier molecular flexibility index (Phi) is 3.12. The minimum atomic E-state index is -0.429. The summed E-state index contributed by atoms with van der Waals surface area (Å²) < 4.78 is 4.70. The lowest BCUT2D eigenvalue weighted by Gasteiger charge is -2.05. The number of rotatable bonds is 2. The molecule has 0 radical (unpaired) electrons. The van der Waals surface area contributed by atoms with Crippen LogP contribution < -0.4 is 5.32 Å². The quantitative estimate of drug-likeness (QED) is 0.898. The van der Waals surface area contributed by atoms with E-state index in [0.29, 0.717) is 10.7 Å². The van der Waals surface area contributed by atoms with E-state index < -0.39 is 5.91 Å². The molecule has 0 aliphatic rings. The van der Waals surface area contributed by atoms with Crippen molar-refractivity contribution in [1.82, 2.24) is 5.16 Å². The molecule has 1 aromatic carbocycles. The van der Waals surface area contributed by atoms with Gasteiger partial charge in [-0.3, -0.25) is 4.79 Å². The van der Waals surface area contributed by atoms with Crippen LogP contribution in [0.4, 0.5) is 5.69 Å². The van der Waals surface area contributed by atoms with Gasteiger partial charge in [-0.05, 0) is 12.1 Å². The first kappa shape index (κ1) is 11.0. The number of halogens is 2. The van der Waals surface area contributed by atoms with E-state index in [1.807, 2.05) is 0 Å². The normalized spacial score (nSPS) is 10.1. The summed E-state index contributed by atoms with van der Waals surface area (Å²) in [7, 11) is 0. The van der Waals surface area contributed by atoms with Gasteiger partial charge < -0.3 is 9.84 Å². The van der Waals surface area contributed by atoms with Crippen molar-refractivity contribution in [2.75, 3.05) is 5.32 Å². The van der Waals surface area contributed by atoms with E-state index in [0.717, 1.165) is 0 Å². The molecule has 1 aromatic heterocycles. The van der Waals surface area contributed by atoms with Gasteiger partial charge in [-0.1, -0.05) is 34.4 Å². The molecule has 0 bridgehead atoms. The molecule has 4 nitrogen and oxygen atoms in total. The summed E-state index contributed by atoms with van der Waals surface area (Å²) in [6, 6.07) is 6.41. The largest absolute Gasteiger partial charge is 0.351 e.